The van der Waals surface area contributed by atoms with Crippen LogP contribution in [0.3, 0.4) is 0 Å². The van der Waals surface area contributed by atoms with E-state index in [-0.39, 0.29) is 5.41 Å². The molecule has 2 aromatic carbocycles. The lowest BCUT2D eigenvalue weighted by molar-refractivity contribution is -0.132. The molecular weight excluding hydrogens is 272 g/mol. The minimum absolute atomic E-state index is 0.154. The number of carboxylic acid groups (broad SMARTS) is 1. The molecule has 0 saturated heterocycles. The van der Waals surface area contributed by atoms with Crippen LogP contribution < -0.4 is 0 Å². The van der Waals surface area contributed by atoms with Crippen LogP contribution in [-0.2, 0) is 10.2 Å². The van der Waals surface area contributed by atoms with Gasteiger partial charge < -0.3 is 5.11 Å². The van der Waals surface area contributed by atoms with E-state index in [0.717, 1.165) is 11.1 Å². The highest BCUT2D eigenvalue weighted by Gasteiger charge is 2.12. The summed E-state index contributed by atoms with van der Waals surface area (Å²) >= 11 is 0. The van der Waals surface area contributed by atoms with E-state index in [1.54, 1.807) is 13.0 Å². The lowest BCUT2D eigenvalue weighted by Crippen LogP contribution is -2.10. The van der Waals surface area contributed by atoms with Gasteiger partial charge in [-0.2, -0.15) is 0 Å². The van der Waals surface area contributed by atoms with Gasteiger partial charge in [-0.15, -0.1) is 0 Å². The number of carbonyl (C=O) groups is 1. The van der Waals surface area contributed by atoms with Crippen molar-refractivity contribution in [2.45, 2.75) is 33.1 Å². The number of rotatable bonds is 3. The van der Waals surface area contributed by atoms with Crippen molar-refractivity contribution in [2.75, 3.05) is 0 Å². The zero-order chi connectivity index (χ0) is 16.3. The molecule has 0 aromatic heterocycles. The van der Waals surface area contributed by atoms with Gasteiger partial charge in [0.05, 0.1) is 0 Å². The van der Waals surface area contributed by atoms with Crippen LogP contribution in [0.5, 0.6) is 0 Å². The van der Waals surface area contributed by atoms with Crippen LogP contribution in [0.2, 0.25) is 0 Å². The van der Waals surface area contributed by atoms with Crippen molar-refractivity contribution in [1.82, 2.24) is 0 Å². The number of aliphatic carboxylic acids is 1. The second kappa shape index (κ2) is 6.18. The predicted molar refractivity (Wildman–Crippen MR) is 91.9 cm³/mol. The standard InChI is InChI=1S/C20H22O2/c1-14(19(21)22)13-15-5-7-16(8-6-15)17-9-11-18(12-10-17)20(2,3)4/h5-13H,1-4H3,(H,21,22). The van der Waals surface area contributed by atoms with Crippen molar-refractivity contribution in [3.8, 4) is 11.1 Å². The maximum atomic E-state index is 10.8. The van der Waals surface area contributed by atoms with Crippen LogP contribution >= 0.6 is 0 Å². The average molecular weight is 294 g/mol. The molecule has 2 nitrogen and oxygen atoms in total. The SMILES string of the molecule is CC(=Cc1ccc(-c2ccc(C(C)(C)C)cc2)cc1)C(=O)O. The minimum Gasteiger partial charge on any atom is -0.478 e. The van der Waals surface area contributed by atoms with Gasteiger partial charge >= 0.3 is 5.97 Å². The van der Waals surface area contributed by atoms with Gasteiger partial charge in [-0.05, 0) is 40.7 Å². The van der Waals surface area contributed by atoms with Crippen molar-refractivity contribution < 1.29 is 9.90 Å². The van der Waals surface area contributed by atoms with E-state index in [4.69, 9.17) is 5.11 Å². The Morgan fingerprint density at radius 3 is 1.77 bits per heavy atom. The molecule has 2 aromatic rings. The lowest BCUT2D eigenvalue weighted by atomic mass is 9.86. The van der Waals surface area contributed by atoms with E-state index in [9.17, 15) is 4.79 Å². The molecule has 0 aliphatic rings. The van der Waals surface area contributed by atoms with Gasteiger partial charge in [0.15, 0.2) is 0 Å². The smallest absolute Gasteiger partial charge is 0.331 e. The lowest BCUT2D eigenvalue weighted by Gasteiger charge is -2.19. The van der Waals surface area contributed by atoms with Gasteiger partial charge in [0.1, 0.15) is 0 Å². The second-order valence-corrected chi connectivity index (χ2v) is 6.58. The van der Waals surface area contributed by atoms with Crippen molar-refractivity contribution >= 4 is 12.0 Å². The average Bonchev–Trinajstić information content (AvgIpc) is 2.47. The molecule has 2 rings (SSSR count). The number of carboxylic acids is 1. The summed E-state index contributed by atoms with van der Waals surface area (Å²) in [6.07, 6.45) is 1.68. The van der Waals surface area contributed by atoms with Crippen molar-refractivity contribution in [2.24, 2.45) is 0 Å². The molecule has 2 heteroatoms. The molecule has 0 radical (unpaired) electrons. The van der Waals surface area contributed by atoms with Crippen LogP contribution in [-0.4, -0.2) is 11.1 Å². The highest BCUT2D eigenvalue weighted by atomic mass is 16.4. The Kier molecular flexibility index (Phi) is 4.51. The topological polar surface area (TPSA) is 37.3 Å². The van der Waals surface area contributed by atoms with Crippen LogP contribution in [0.1, 0.15) is 38.8 Å². The first-order chi connectivity index (χ1) is 10.3. The van der Waals surface area contributed by atoms with Crippen LogP contribution in [0, 0.1) is 0 Å². The molecule has 0 fully saturated rings. The van der Waals surface area contributed by atoms with E-state index >= 15 is 0 Å². The van der Waals surface area contributed by atoms with Crippen LogP contribution in [0.15, 0.2) is 54.1 Å². The predicted octanol–water partition coefficient (Wildman–Crippen LogP) is 5.14. The van der Waals surface area contributed by atoms with Gasteiger partial charge in [-0.1, -0.05) is 69.3 Å². The number of benzene rings is 2. The van der Waals surface area contributed by atoms with Crippen molar-refractivity contribution in [1.29, 1.82) is 0 Å². The minimum atomic E-state index is -0.887. The summed E-state index contributed by atoms with van der Waals surface area (Å²) in [5, 5.41) is 8.90. The normalized spacial score (nSPS) is 12.3. The summed E-state index contributed by atoms with van der Waals surface area (Å²) in [6, 6.07) is 16.5. The Bertz CT molecular complexity index is 684. The monoisotopic (exact) mass is 294 g/mol. The molecule has 0 atom stereocenters. The van der Waals surface area contributed by atoms with E-state index in [1.165, 1.54) is 11.1 Å². The largest absolute Gasteiger partial charge is 0.478 e. The molecule has 0 amide bonds. The first kappa shape index (κ1) is 16.0. The van der Waals surface area contributed by atoms with Crippen molar-refractivity contribution in [3.63, 3.8) is 0 Å². The molecule has 22 heavy (non-hydrogen) atoms. The van der Waals surface area contributed by atoms with Gasteiger partial charge in [-0.3, -0.25) is 0 Å². The van der Waals surface area contributed by atoms with E-state index in [0.29, 0.717) is 5.57 Å². The van der Waals surface area contributed by atoms with Gasteiger partial charge in [0, 0.05) is 5.57 Å². The Morgan fingerprint density at radius 2 is 1.36 bits per heavy atom. The maximum Gasteiger partial charge on any atom is 0.331 e. The molecule has 114 valence electrons. The molecule has 1 N–H and O–H groups in total. The first-order valence-corrected chi connectivity index (χ1v) is 7.40. The molecule has 0 saturated carbocycles. The summed E-state index contributed by atoms with van der Waals surface area (Å²) in [6.45, 7) is 8.21. The fourth-order valence-corrected chi connectivity index (χ4v) is 2.25. The molecule has 0 unspecified atom stereocenters. The third kappa shape index (κ3) is 3.85. The Hall–Kier alpha value is -2.35. The molecule has 0 spiro atoms. The summed E-state index contributed by atoms with van der Waals surface area (Å²) in [7, 11) is 0. The summed E-state index contributed by atoms with van der Waals surface area (Å²) < 4.78 is 0. The number of hydrogen-bond donors (Lipinski definition) is 1. The van der Waals surface area contributed by atoms with Gasteiger partial charge in [0.25, 0.3) is 0 Å². The highest BCUT2D eigenvalue weighted by molar-refractivity contribution is 5.91. The molecule has 0 bridgehead atoms. The van der Waals surface area contributed by atoms with E-state index in [1.807, 2.05) is 24.3 Å². The molecule has 0 aliphatic carbocycles. The molecule has 0 aliphatic heterocycles. The Morgan fingerprint density at radius 1 is 0.909 bits per heavy atom. The second-order valence-electron chi connectivity index (χ2n) is 6.58. The van der Waals surface area contributed by atoms with Crippen LogP contribution in [0.25, 0.3) is 17.2 Å². The summed E-state index contributed by atoms with van der Waals surface area (Å²) in [5.74, 6) is -0.887. The molecule has 0 heterocycles. The third-order valence-electron chi connectivity index (χ3n) is 3.72. The maximum absolute atomic E-state index is 10.8. The van der Waals surface area contributed by atoms with Gasteiger partial charge in [0.2, 0.25) is 0 Å². The Balaban J connectivity index is 2.24. The highest BCUT2D eigenvalue weighted by Crippen LogP contribution is 2.26. The van der Waals surface area contributed by atoms with Crippen LogP contribution in [0.4, 0.5) is 0 Å². The zero-order valence-electron chi connectivity index (χ0n) is 13.6. The quantitative estimate of drug-likeness (QED) is 0.796. The fourth-order valence-electron chi connectivity index (χ4n) is 2.25. The summed E-state index contributed by atoms with van der Waals surface area (Å²) in [5.41, 5.74) is 5.00. The molecular formula is C20H22O2. The van der Waals surface area contributed by atoms with Crippen molar-refractivity contribution in [3.05, 3.63) is 65.2 Å². The zero-order valence-corrected chi connectivity index (χ0v) is 13.6. The Labute approximate surface area is 132 Å². The third-order valence-corrected chi connectivity index (χ3v) is 3.72. The van der Waals surface area contributed by atoms with Gasteiger partial charge in [-0.25, -0.2) is 4.79 Å². The van der Waals surface area contributed by atoms with E-state index < -0.39 is 5.97 Å². The first-order valence-electron chi connectivity index (χ1n) is 7.40. The number of hydrogen-bond acceptors (Lipinski definition) is 1. The van der Waals surface area contributed by atoms with E-state index in [2.05, 4.69) is 45.0 Å². The fraction of sp³-hybridized carbons (Fsp3) is 0.250. The summed E-state index contributed by atoms with van der Waals surface area (Å²) in [4.78, 5) is 10.8.